The van der Waals surface area contributed by atoms with E-state index in [9.17, 15) is 10.2 Å². The highest BCUT2D eigenvalue weighted by atomic mass is 16.3. The van der Waals surface area contributed by atoms with Gasteiger partial charge in [-0.3, -0.25) is 5.10 Å². The molecule has 0 bridgehead atoms. The number of H-pyrrole nitrogens is 1. The first-order valence-corrected chi connectivity index (χ1v) is 3.80. The summed E-state index contributed by atoms with van der Waals surface area (Å²) in [5, 5.41) is 25.0. The SMILES string of the molecule is Oc1ccccc1-c1[nH]ncc1O. The second kappa shape index (κ2) is 2.82. The Labute approximate surface area is 74.5 Å². The average molecular weight is 176 g/mol. The topological polar surface area (TPSA) is 69.1 Å². The maximum atomic E-state index is 9.45. The van der Waals surface area contributed by atoms with Crippen LogP contribution in [0, 0.1) is 0 Å². The van der Waals surface area contributed by atoms with Crippen molar-refractivity contribution in [3.8, 4) is 22.8 Å². The molecule has 2 rings (SSSR count). The molecule has 0 amide bonds. The van der Waals surface area contributed by atoms with Crippen molar-refractivity contribution in [2.75, 3.05) is 0 Å². The minimum absolute atomic E-state index is 0.0292. The zero-order chi connectivity index (χ0) is 9.26. The summed E-state index contributed by atoms with van der Waals surface area (Å²) in [6, 6.07) is 6.74. The molecule has 0 unspecified atom stereocenters. The van der Waals surface area contributed by atoms with E-state index in [1.54, 1.807) is 24.3 Å². The molecule has 0 spiro atoms. The summed E-state index contributed by atoms with van der Waals surface area (Å²) < 4.78 is 0. The van der Waals surface area contributed by atoms with E-state index >= 15 is 0 Å². The van der Waals surface area contributed by atoms with Crippen LogP contribution >= 0.6 is 0 Å². The molecule has 1 heterocycles. The van der Waals surface area contributed by atoms with Crippen molar-refractivity contribution in [3.05, 3.63) is 30.5 Å². The molecule has 0 fully saturated rings. The van der Waals surface area contributed by atoms with Gasteiger partial charge in [-0.15, -0.1) is 0 Å². The summed E-state index contributed by atoms with van der Waals surface area (Å²) in [6.07, 6.45) is 1.29. The molecular weight excluding hydrogens is 168 g/mol. The van der Waals surface area contributed by atoms with Crippen LogP contribution in [0.5, 0.6) is 11.5 Å². The van der Waals surface area contributed by atoms with Crippen molar-refractivity contribution in [3.63, 3.8) is 0 Å². The van der Waals surface area contributed by atoms with Gasteiger partial charge < -0.3 is 10.2 Å². The summed E-state index contributed by atoms with van der Waals surface area (Å²) in [5.74, 6) is 0.142. The second-order valence-electron chi connectivity index (χ2n) is 2.65. The Bertz CT molecular complexity index is 423. The molecule has 2 aromatic rings. The van der Waals surface area contributed by atoms with Crippen LogP contribution in [-0.2, 0) is 0 Å². The Kier molecular flexibility index (Phi) is 1.66. The van der Waals surface area contributed by atoms with E-state index in [0.29, 0.717) is 11.3 Å². The molecule has 13 heavy (non-hydrogen) atoms. The fraction of sp³-hybridized carbons (Fsp3) is 0. The molecule has 0 saturated carbocycles. The summed E-state index contributed by atoms with van der Waals surface area (Å²) in [4.78, 5) is 0. The van der Waals surface area contributed by atoms with Crippen LogP contribution in [-0.4, -0.2) is 20.4 Å². The first-order valence-electron chi connectivity index (χ1n) is 3.80. The first kappa shape index (κ1) is 7.67. The highest BCUT2D eigenvalue weighted by Crippen LogP contribution is 2.32. The normalized spacial score (nSPS) is 10.2. The van der Waals surface area contributed by atoms with E-state index in [1.165, 1.54) is 6.20 Å². The Morgan fingerprint density at radius 3 is 2.46 bits per heavy atom. The summed E-state index contributed by atoms with van der Waals surface area (Å²) >= 11 is 0. The Hall–Kier alpha value is -1.97. The largest absolute Gasteiger partial charge is 0.507 e. The third-order valence-corrected chi connectivity index (χ3v) is 1.79. The third-order valence-electron chi connectivity index (χ3n) is 1.79. The summed E-state index contributed by atoms with van der Waals surface area (Å²) in [6.45, 7) is 0. The van der Waals surface area contributed by atoms with Gasteiger partial charge in [-0.2, -0.15) is 5.10 Å². The van der Waals surface area contributed by atoms with Crippen LogP contribution in [0.1, 0.15) is 0 Å². The van der Waals surface area contributed by atoms with E-state index in [4.69, 9.17) is 0 Å². The van der Waals surface area contributed by atoms with E-state index in [2.05, 4.69) is 10.2 Å². The highest BCUT2D eigenvalue weighted by Gasteiger charge is 2.09. The minimum Gasteiger partial charge on any atom is -0.507 e. The fourth-order valence-electron chi connectivity index (χ4n) is 1.16. The van der Waals surface area contributed by atoms with Crippen molar-refractivity contribution in [1.29, 1.82) is 0 Å². The molecule has 1 aromatic carbocycles. The fourth-order valence-corrected chi connectivity index (χ4v) is 1.16. The summed E-state index contributed by atoms with van der Waals surface area (Å²) in [5.41, 5.74) is 0.968. The molecule has 0 aliphatic heterocycles. The van der Waals surface area contributed by atoms with E-state index in [1.807, 2.05) is 0 Å². The predicted molar refractivity (Wildman–Crippen MR) is 47.4 cm³/mol. The van der Waals surface area contributed by atoms with Crippen molar-refractivity contribution >= 4 is 0 Å². The number of hydrogen-bond donors (Lipinski definition) is 3. The lowest BCUT2D eigenvalue weighted by atomic mass is 10.1. The number of hydrogen-bond acceptors (Lipinski definition) is 3. The van der Waals surface area contributed by atoms with Gasteiger partial charge in [-0.05, 0) is 12.1 Å². The Morgan fingerprint density at radius 2 is 1.85 bits per heavy atom. The molecule has 3 N–H and O–H groups in total. The van der Waals surface area contributed by atoms with Crippen LogP contribution in [0.3, 0.4) is 0 Å². The van der Waals surface area contributed by atoms with Gasteiger partial charge in [-0.1, -0.05) is 12.1 Å². The zero-order valence-corrected chi connectivity index (χ0v) is 6.73. The number of rotatable bonds is 1. The molecule has 0 atom stereocenters. The molecule has 0 saturated heterocycles. The number of aromatic hydroxyl groups is 2. The van der Waals surface area contributed by atoms with Gasteiger partial charge in [0.1, 0.15) is 11.4 Å². The number of nitrogens with zero attached hydrogens (tertiary/aromatic N) is 1. The summed E-state index contributed by atoms with van der Waals surface area (Å²) in [7, 11) is 0. The molecule has 4 nitrogen and oxygen atoms in total. The van der Waals surface area contributed by atoms with Gasteiger partial charge in [0.05, 0.1) is 6.20 Å². The van der Waals surface area contributed by atoms with E-state index in [-0.39, 0.29) is 11.5 Å². The quantitative estimate of drug-likeness (QED) is 0.616. The maximum Gasteiger partial charge on any atom is 0.161 e. The average Bonchev–Trinajstić information content (AvgIpc) is 2.52. The number of benzene rings is 1. The van der Waals surface area contributed by atoms with Gasteiger partial charge in [-0.25, -0.2) is 0 Å². The van der Waals surface area contributed by atoms with E-state index < -0.39 is 0 Å². The van der Waals surface area contributed by atoms with Crippen molar-refractivity contribution in [1.82, 2.24) is 10.2 Å². The lowest BCUT2D eigenvalue weighted by Crippen LogP contribution is -1.79. The molecule has 0 radical (unpaired) electrons. The number of aromatic amines is 1. The molecule has 66 valence electrons. The number of para-hydroxylation sites is 1. The maximum absolute atomic E-state index is 9.45. The van der Waals surface area contributed by atoms with E-state index in [0.717, 1.165) is 0 Å². The first-order chi connectivity index (χ1) is 6.29. The number of aromatic nitrogens is 2. The van der Waals surface area contributed by atoms with Gasteiger partial charge >= 0.3 is 0 Å². The highest BCUT2D eigenvalue weighted by molar-refractivity contribution is 5.70. The Morgan fingerprint density at radius 1 is 1.08 bits per heavy atom. The monoisotopic (exact) mass is 176 g/mol. The smallest absolute Gasteiger partial charge is 0.161 e. The van der Waals surface area contributed by atoms with Crippen LogP contribution < -0.4 is 0 Å². The Balaban J connectivity index is 2.59. The van der Waals surface area contributed by atoms with Crippen LogP contribution in [0.4, 0.5) is 0 Å². The minimum atomic E-state index is 0.0292. The lowest BCUT2D eigenvalue weighted by molar-refractivity contribution is 0.469. The van der Waals surface area contributed by atoms with Crippen LogP contribution in [0.25, 0.3) is 11.3 Å². The number of nitrogens with one attached hydrogen (secondary N) is 1. The van der Waals surface area contributed by atoms with Crippen molar-refractivity contribution in [2.45, 2.75) is 0 Å². The second-order valence-corrected chi connectivity index (χ2v) is 2.65. The van der Waals surface area contributed by atoms with Crippen molar-refractivity contribution in [2.24, 2.45) is 0 Å². The van der Waals surface area contributed by atoms with Gasteiger partial charge in [0, 0.05) is 5.56 Å². The predicted octanol–water partition coefficient (Wildman–Crippen LogP) is 1.49. The molecule has 1 aromatic heterocycles. The molecule has 0 aliphatic rings. The van der Waals surface area contributed by atoms with Gasteiger partial charge in [0.2, 0.25) is 0 Å². The molecular formula is C9H8N2O2. The van der Waals surface area contributed by atoms with Gasteiger partial charge in [0.15, 0.2) is 5.75 Å². The number of phenols is 1. The van der Waals surface area contributed by atoms with Crippen LogP contribution in [0.15, 0.2) is 30.5 Å². The zero-order valence-electron chi connectivity index (χ0n) is 6.73. The lowest BCUT2D eigenvalue weighted by Gasteiger charge is -2.00. The standard InChI is InChI=1S/C9H8N2O2/c12-7-4-2-1-3-6(7)9-8(13)5-10-11-9/h1-5,12-13H,(H,10,11). The third kappa shape index (κ3) is 1.22. The molecule has 0 aliphatic carbocycles. The van der Waals surface area contributed by atoms with Gasteiger partial charge in [0.25, 0.3) is 0 Å². The van der Waals surface area contributed by atoms with Crippen molar-refractivity contribution < 1.29 is 10.2 Å². The number of phenolic OH excluding ortho intramolecular Hbond substituents is 1. The molecule has 4 heteroatoms. The van der Waals surface area contributed by atoms with Crippen LogP contribution in [0.2, 0.25) is 0 Å².